The summed E-state index contributed by atoms with van der Waals surface area (Å²) in [5, 5.41) is 9.67. The van der Waals surface area contributed by atoms with Gasteiger partial charge in [-0.2, -0.15) is 0 Å². The van der Waals surface area contributed by atoms with Gasteiger partial charge in [-0.15, -0.1) is 0 Å². The number of aliphatic hydroxyl groups is 1. The Morgan fingerprint density at radius 1 is 1.50 bits per heavy atom. The third kappa shape index (κ3) is 1.46. The van der Waals surface area contributed by atoms with Crippen LogP contribution in [0.4, 0.5) is 0 Å². The molecule has 0 bridgehead atoms. The number of imidazole rings is 1. The minimum Gasteiger partial charge on any atom is -0.458 e. The molecule has 16 heavy (non-hydrogen) atoms. The van der Waals surface area contributed by atoms with E-state index in [-0.39, 0.29) is 6.10 Å². The van der Waals surface area contributed by atoms with Crippen molar-refractivity contribution >= 4 is 0 Å². The molecule has 1 N–H and O–H groups in total. The van der Waals surface area contributed by atoms with Gasteiger partial charge in [-0.25, -0.2) is 4.98 Å². The molecule has 0 radical (unpaired) electrons. The Balaban J connectivity index is 2.06. The van der Waals surface area contributed by atoms with E-state index in [1.54, 1.807) is 0 Å². The van der Waals surface area contributed by atoms with Gasteiger partial charge in [-0.05, 0) is 31.9 Å². The van der Waals surface area contributed by atoms with Crippen molar-refractivity contribution in [3.63, 3.8) is 0 Å². The second-order valence-corrected chi connectivity index (χ2v) is 4.29. The Hall–Kier alpha value is -1.55. The second-order valence-electron chi connectivity index (χ2n) is 4.29. The van der Waals surface area contributed by atoms with E-state index in [4.69, 9.17) is 4.42 Å². The molecule has 0 spiro atoms. The zero-order valence-electron chi connectivity index (χ0n) is 9.18. The predicted octanol–water partition coefficient (Wildman–Crippen LogP) is 1.76. The maximum absolute atomic E-state index is 9.67. The normalized spacial score (nSPS) is 19.8. The molecule has 1 unspecified atom stereocenters. The van der Waals surface area contributed by atoms with Crippen molar-refractivity contribution in [1.29, 1.82) is 0 Å². The summed E-state index contributed by atoms with van der Waals surface area (Å²) in [6.45, 7) is 2.53. The van der Waals surface area contributed by atoms with Crippen molar-refractivity contribution in [1.82, 2.24) is 9.55 Å². The van der Waals surface area contributed by atoms with Crippen molar-refractivity contribution < 1.29 is 9.52 Å². The highest BCUT2D eigenvalue weighted by Crippen LogP contribution is 2.25. The maximum Gasteiger partial charge on any atom is 0.176 e. The van der Waals surface area contributed by atoms with Crippen molar-refractivity contribution in [3.8, 4) is 11.6 Å². The Kier molecular flexibility index (Phi) is 2.11. The Labute approximate surface area is 93.5 Å². The van der Waals surface area contributed by atoms with Crippen LogP contribution < -0.4 is 0 Å². The first-order chi connectivity index (χ1) is 7.74. The van der Waals surface area contributed by atoms with Gasteiger partial charge in [0.05, 0.1) is 12.6 Å². The molecule has 2 aromatic rings. The van der Waals surface area contributed by atoms with E-state index in [1.807, 2.05) is 29.8 Å². The van der Waals surface area contributed by atoms with E-state index < -0.39 is 0 Å². The zero-order chi connectivity index (χ0) is 11.1. The van der Waals surface area contributed by atoms with Crippen LogP contribution in [-0.2, 0) is 13.0 Å². The molecule has 0 fully saturated rings. The highest BCUT2D eigenvalue weighted by molar-refractivity contribution is 5.49. The summed E-state index contributed by atoms with van der Waals surface area (Å²) in [5.41, 5.74) is 1.18. The molecular weight excluding hydrogens is 204 g/mol. The first kappa shape index (κ1) is 9.66. The average Bonchev–Trinajstić information content (AvgIpc) is 2.83. The average molecular weight is 218 g/mol. The number of aliphatic hydroxyl groups excluding tert-OH is 1. The fraction of sp³-hybridized carbons (Fsp3) is 0.417. The van der Waals surface area contributed by atoms with E-state index in [0.29, 0.717) is 6.54 Å². The van der Waals surface area contributed by atoms with Crippen molar-refractivity contribution in [2.24, 2.45) is 0 Å². The molecule has 3 rings (SSSR count). The summed E-state index contributed by atoms with van der Waals surface area (Å²) in [7, 11) is 0. The molecule has 0 saturated heterocycles. The van der Waals surface area contributed by atoms with Crippen LogP contribution in [0.5, 0.6) is 0 Å². The molecule has 1 aliphatic rings. The summed E-state index contributed by atoms with van der Waals surface area (Å²) in [4.78, 5) is 4.37. The monoisotopic (exact) mass is 218 g/mol. The van der Waals surface area contributed by atoms with Crippen LogP contribution in [0.1, 0.15) is 17.9 Å². The van der Waals surface area contributed by atoms with Crippen LogP contribution in [0, 0.1) is 6.92 Å². The fourth-order valence-electron chi connectivity index (χ4n) is 2.18. The number of furan rings is 1. The Bertz CT molecular complexity index is 513. The molecule has 0 saturated carbocycles. The molecular formula is C12H14N2O2. The molecule has 1 atom stereocenters. The van der Waals surface area contributed by atoms with Gasteiger partial charge in [0.2, 0.25) is 0 Å². The summed E-state index contributed by atoms with van der Waals surface area (Å²) >= 11 is 0. The van der Waals surface area contributed by atoms with E-state index in [2.05, 4.69) is 4.98 Å². The van der Waals surface area contributed by atoms with Gasteiger partial charge in [0.15, 0.2) is 11.6 Å². The lowest BCUT2D eigenvalue weighted by Crippen LogP contribution is -2.24. The Morgan fingerprint density at radius 3 is 3.12 bits per heavy atom. The number of aryl methyl sites for hydroxylation is 2. The van der Waals surface area contributed by atoms with Crippen molar-refractivity contribution in [2.75, 3.05) is 0 Å². The smallest absolute Gasteiger partial charge is 0.176 e. The van der Waals surface area contributed by atoms with Crippen LogP contribution in [-0.4, -0.2) is 20.8 Å². The number of hydrogen-bond acceptors (Lipinski definition) is 3. The molecule has 0 amide bonds. The van der Waals surface area contributed by atoms with Crippen molar-refractivity contribution in [2.45, 2.75) is 32.4 Å². The highest BCUT2D eigenvalue weighted by Gasteiger charge is 2.21. The fourth-order valence-corrected chi connectivity index (χ4v) is 2.18. The third-order valence-corrected chi connectivity index (χ3v) is 3.03. The number of nitrogens with zero attached hydrogens (tertiary/aromatic N) is 2. The van der Waals surface area contributed by atoms with E-state index in [1.165, 1.54) is 5.69 Å². The Morgan fingerprint density at radius 2 is 2.38 bits per heavy atom. The summed E-state index contributed by atoms with van der Waals surface area (Å²) in [5.74, 6) is 2.48. The first-order valence-corrected chi connectivity index (χ1v) is 5.53. The molecule has 4 nitrogen and oxygen atoms in total. The van der Waals surface area contributed by atoms with E-state index in [9.17, 15) is 5.11 Å². The van der Waals surface area contributed by atoms with Crippen molar-refractivity contribution in [3.05, 3.63) is 29.8 Å². The van der Waals surface area contributed by atoms with E-state index >= 15 is 0 Å². The quantitative estimate of drug-likeness (QED) is 0.793. The standard InChI is InChI=1S/C12H14N2O2/c1-8-2-5-11(16-8)12-13-6-9-3-4-10(15)7-14(9)12/h2,5-6,10,15H,3-4,7H2,1H3. The van der Waals surface area contributed by atoms with Gasteiger partial charge in [-0.1, -0.05) is 0 Å². The van der Waals surface area contributed by atoms with E-state index in [0.717, 1.165) is 30.2 Å². The summed E-state index contributed by atoms with van der Waals surface area (Å²) < 4.78 is 7.61. The van der Waals surface area contributed by atoms with Crippen LogP contribution in [0.15, 0.2) is 22.7 Å². The molecule has 1 aliphatic heterocycles. The van der Waals surface area contributed by atoms with Gasteiger partial charge < -0.3 is 14.1 Å². The number of aromatic nitrogens is 2. The third-order valence-electron chi connectivity index (χ3n) is 3.03. The number of rotatable bonds is 1. The lowest BCUT2D eigenvalue weighted by Gasteiger charge is -2.20. The summed E-state index contributed by atoms with van der Waals surface area (Å²) in [6.07, 6.45) is 3.31. The van der Waals surface area contributed by atoms with Gasteiger partial charge >= 0.3 is 0 Å². The minimum absolute atomic E-state index is 0.267. The number of hydrogen-bond donors (Lipinski definition) is 1. The van der Waals surface area contributed by atoms with Crippen LogP contribution in [0.25, 0.3) is 11.6 Å². The SMILES string of the molecule is Cc1ccc(-c2ncc3n2CC(O)CC3)o1. The second kappa shape index (κ2) is 3.49. The minimum atomic E-state index is -0.267. The molecule has 4 heteroatoms. The number of fused-ring (bicyclic) bond motifs is 1. The maximum atomic E-state index is 9.67. The molecule has 0 aliphatic carbocycles. The van der Waals surface area contributed by atoms with Gasteiger partial charge in [-0.3, -0.25) is 0 Å². The molecule has 84 valence electrons. The topological polar surface area (TPSA) is 51.2 Å². The molecule has 0 aromatic carbocycles. The van der Waals surface area contributed by atoms with Gasteiger partial charge in [0.1, 0.15) is 5.76 Å². The zero-order valence-corrected chi connectivity index (χ0v) is 9.18. The lowest BCUT2D eigenvalue weighted by atomic mass is 10.1. The molecule has 3 heterocycles. The largest absolute Gasteiger partial charge is 0.458 e. The van der Waals surface area contributed by atoms with Gasteiger partial charge in [0, 0.05) is 11.9 Å². The highest BCUT2D eigenvalue weighted by atomic mass is 16.3. The summed E-state index contributed by atoms with van der Waals surface area (Å²) in [6, 6.07) is 3.85. The molecule has 2 aromatic heterocycles. The lowest BCUT2D eigenvalue weighted by molar-refractivity contribution is 0.132. The van der Waals surface area contributed by atoms with Gasteiger partial charge in [0.25, 0.3) is 0 Å². The first-order valence-electron chi connectivity index (χ1n) is 5.53. The van der Waals surface area contributed by atoms with Crippen LogP contribution in [0.2, 0.25) is 0 Å². The van der Waals surface area contributed by atoms with Crippen LogP contribution in [0.3, 0.4) is 0 Å². The predicted molar refractivity (Wildman–Crippen MR) is 59.0 cm³/mol. The van der Waals surface area contributed by atoms with Crippen LogP contribution >= 0.6 is 0 Å².